The highest BCUT2D eigenvalue weighted by Crippen LogP contribution is 2.34. The van der Waals surface area contributed by atoms with Crippen molar-refractivity contribution in [2.24, 2.45) is 23.0 Å². The van der Waals surface area contributed by atoms with Crippen LogP contribution in [0.15, 0.2) is 18.2 Å². The number of amides is 2. The van der Waals surface area contributed by atoms with Crippen molar-refractivity contribution in [3.05, 3.63) is 28.8 Å². The van der Waals surface area contributed by atoms with Crippen molar-refractivity contribution in [1.82, 2.24) is 4.90 Å². The van der Waals surface area contributed by atoms with Gasteiger partial charge in [0.2, 0.25) is 11.8 Å². The third-order valence-corrected chi connectivity index (χ3v) is 6.43. The molecule has 2 aliphatic carbocycles. The first kappa shape index (κ1) is 22.1. The fraction of sp³-hybridized carbons (Fsp3) is 0.652. The van der Waals surface area contributed by atoms with Crippen molar-refractivity contribution in [3.8, 4) is 0 Å². The summed E-state index contributed by atoms with van der Waals surface area (Å²) >= 11 is 6.46. The Morgan fingerprint density at radius 2 is 1.83 bits per heavy atom. The molecule has 0 atom stereocenters. The van der Waals surface area contributed by atoms with Gasteiger partial charge in [-0.2, -0.15) is 0 Å². The molecule has 160 valence electrons. The predicted molar refractivity (Wildman–Crippen MR) is 118 cm³/mol. The van der Waals surface area contributed by atoms with E-state index in [0.29, 0.717) is 24.7 Å². The molecule has 0 aromatic heterocycles. The van der Waals surface area contributed by atoms with Gasteiger partial charge in [0.1, 0.15) is 0 Å². The molecule has 0 aliphatic heterocycles. The summed E-state index contributed by atoms with van der Waals surface area (Å²) in [5.41, 5.74) is 7.35. The summed E-state index contributed by atoms with van der Waals surface area (Å²) in [7, 11) is 0. The number of anilines is 1. The maximum Gasteiger partial charge on any atom is 0.227 e. The molecule has 2 amide bonds. The number of carbonyl (C=O) groups excluding carboxylic acids is 2. The Kier molecular flexibility index (Phi) is 7.23. The van der Waals surface area contributed by atoms with E-state index in [9.17, 15) is 9.59 Å². The van der Waals surface area contributed by atoms with E-state index < -0.39 is 0 Å². The molecule has 1 aromatic carbocycles. The van der Waals surface area contributed by atoms with Crippen LogP contribution in [-0.4, -0.2) is 29.8 Å². The molecule has 1 aromatic rings. The van der Waals surface area contributed by atoms with Crippen molar-refractivity contribution < 1.29 is 9.59 Å². The van der Waals surface area contributed by atoms with Crippen molar-refractivity contribution in [3.63, 3.8) is 0 Å². The van der Waals surface area contributed by atoms with E-state index in [0.717, 1.165) is 49.8 Å². The smallest absolute Gasteiger partial charge is 0.227 e. The lowest BCUT2D eigenvalue weighted by molar-refractivity contribution is -0.134. The third kappa shape index (κ3) is 6.19. The van der Waals surface area contributed by atoms with Crippen LogP contribution in [0.1, 0.15) is 64.4 Å². The van der Waals surface area contributed by atoms with Gasteiger partial charge in [-0.25, -0.2) is 0 Å². The number of nitrogens with one attached hydrogen (secondary N) is 1. The molecule has 0 spiro atoms. The highest BCUT2D eigenvalue weighted by atomic mass is 35.5. The fourth-order valence-electron chi connectivity index (χ4n) is 3.97. The molecule has 0 heterocycles. The van der Waals surface area contributed by atoms with Crippen LogP contribution in [0.5, 0.6) is 0 Å². The average molecular weight is 420 g/mol. The second kappa shape index (κ2) is 9.48. The summed E-state index contributed by atoms with van der Waals surface area (Å²) < 4.78 is 0. The summed E-state index contributed by atoms with van der Waals surface area (Å²) in [6.07, 6.45) is 7.32. The molecule has 6 heteroatoms. The van der Waals surface area contributed by atoms with Gasteiger partial charge in [-0.3, -0.25) is 9.59 Å². The Morgan fingerprint density at radius 3 is 2.45 bits per heavy atom. The van der Waals surface area contributed by atoms with Crippen molar-refractivity contribution in [2.75, 3.05) is 18.4 Å². The predicted octanol–water partition coefficient (Wildman–Crippen LogP) is 4.58. The first-order valence-corrected chi connectivity index (χ1v) is 11.2. The lowest BCUT2D eigenvalue weighted by Crippen LogP contribution is -2.42. The Morgan fingerprint density at radius 1 is 1.14 bits per heavy atom. The Bertz CT molecular complexity index is 740. The molecule has 2 fully saturated rings. The number of carbonyl (C=O) groups is 2. The number of hydrogen-bond donors (Lipinski definition) is 2. The monoisotopic (exact) mass is 419 g/mol. The van der Waals surface area contributed by atoms with Gasteiger partial charge in [0.25, 0.3) is 0 Å². The standard InChI is InChI=1S/C23H34ClN3O2/c1-23(2,14-25)15-27(22(29)17-8-9-17)13-18-12-19(10-11-20(18)24)26-21(28)16-6-4-3-5-7-16/h10-12,16-17H,3-9,13-15,25H2,1-2H3,(H,26,28). The molecule has 3 N–H and O–H groups in total. The largest absolute Gasteiger partial charge is 0.337 e. The van der Waals surface area contributed by atoms with E-state index >= 15 is 0 Å². The van der Waals surface area contributed by atoms with Crippen molar-refractivity contribution in [2.45, 2.75) is 65.3 Å². The lowest BCUT2D eigenvalue weighted by Gasteiger charge is -2.32. The molecule has 29 heavy (non-hydrogen) atoms. The Labute approximate surface area is 179 Å². The van der Waals surface area contributed by atoms with Gasteiger partial charge in [0.05, 0.1) is 0 Å². The molecule has 5 nitrogen and oxygen atoms in total. The number of halogens is 1. The average Bonchev–Trinajstić information content (AvgIpc) is 3.55. The van der Waals surface area contributed by atoms with Gasteiger partial charge >= 0.3 is 0 Å². The zero-order chi connectivity index (χ0) is 21.0. The summed E-state index contributed by atoms with van der Waals surface area (Å²) in [4.78, 5) is 27.3. The molecular formula is C23H34ClN3O2. The second-order valence-electron chi connectivity index (χ2n) is 9.47. The zero-order valence-corrected chi connectivity index (χ0v) is 18.4. The first-order valence-electron chi connectivity index (χ1n) is 10.9. The SMILES string of the molecule is CC(C)(CN)CN(Cc1cc(NC(=O)C2CCCCC2)ccc1Cl)C(=O)C1CC1. The highest BCUT2D eigenvalue weighted by Gasteiger charge is 2.35. The van der Waals surface area contributed by atoms with E-state index in [4.69, 9.17) is 17.3 Å². The van der Waals surface area contributed by atoms with Crippen LogP contribution < -0.4 is 11.1 Å². The minimum absolute atomic E-state index is 0.0909. The van der Waals surface area contributed by atoms with Gasteiger partial charge in [-0.05, 0) is 61.4 Å². The topological polar surface area (TPSA) is 75.4 Å². The van der Waals surface area contributed by atoms with E-state index in [1.54, 1.807) is 6.07 Å². The van der Waals surface area contributed by atoms with Gasteiger partial charge < -0.3 is 16.0 Å². The summed E-state index contributed by atoms with van der Waals surface area (Å²) in [6.45, 7) is 5.68. The molecule has 0 saturated heterocycles. The van der Waals surface area contributed by atoms with E-state index in [-0.39, 0.29) is 29.1 Å². The molecule has 3 rings (SSSR count). The highest BCUT2D eigenvalue weighted by molar-refractivity contribution is 6.31. The third-order valence-electron chi connectivity index (χ3n) is 6.06. The zero-order valence-electron chi connectivity index (χ0n) is 17.7. The van der Waals surface area contributed by atoms with Gasteiger partial charge in [0, 0.05) is 35.6 Å². The molecule has 0 radical (unpaired) electrons. The summed E-state index contributed by atoms with van der Waals surface area (Å²) in [5.74, 6) is 0.505. The minimum atomic E-state index is -0.163. The van der Waals surface area contributed by atoms with Crippen LogP contribution in [0.25, 0.3) is 0 Å². The molecular weight excluding hydrogens is 386 g/mol. The van der Waals surface area contributed by atoms with Crippen LogP contribution in [0.2, 0.25) is 5.02 Å². The number of hydrogen-bond acceptors (Lipinski definition) is 3. The van der Waals surface area contributed by atoms with E-state index in [2.05, 4.69) is 19.2 Å². The maximum atomic E-state index is 12.9. The summed E-state index contributed by atoms with van der Waals surface area (Å²) in [6, 6.07) is 5.55. The number of nitrogens with two attached hydrogens (primary N) is 1. The van der Waals surface area contributed by atoms with Crippen molar-refractivity contribution in [1.29, 1.82) is 0 Å². The summed E-state index contributed by atoms with van der Waals surface area (Å²) in [5, 5.41) is 3.67. The van der Waals surface area contributed by atoms with Crippen LogP contribution in [0, 0.1) is 17.3 Å². The molecule has 0 unspecified atom stereocenters. The van der Waals surface area contributed by atoms with Crippen LogP contribution in [-0.2, 0) is 16.1 Å². The maximum absolute atomic E-state index is 12.9. The first-order chi connectivity index (χ1) is 13.8. The molecule has 0 bridgehead atoms. The minimum Gasteiger partial charge on any atom is -0.337 e. The van der Waals surface area contributed by atoms with Gasteiger partial charge in [-0.1, -0.05) is 44.7 Å². The van der Waals surface area contributed by atoms with Crippen LogP contribution in [0.3, 0.4) is 0 Å². The lowest BCUT2D eigenvalue weighted by atomic mass is 9.88. The van der Waals surface area contributed by atoms with E-state index in [1.807, 2.05) is 17.0 Å². The van der Waals surface area contributed by atoms with Crippen LogP contribution in [0.4, 0.5) is 5.69 Å². The quantitative estimate of drug-likeness (QED) is 0.647. The molecule has 2 aliphatic rings. The van der Waals surface area contributed by atoms with E-state index in [1.165, 1.54) is 6.42 Å². The molecule has 2 saturated carbocycles. The number of benzene rings is 1. The van der Waals surface area contributed by atoms with Gasteiger partial charge in [-0.15, -0.1) is 0 Å². The van der Waals surface area contributed by atoms with Gasteiger partial charge in [0.15, 0.2) is 0 Å². The normalized spacial score (nSPS) is 17.8. The van der Waals surface area contributed by atoms with Crippen LogP contribution >= 0.6 is 11.6 Å². The Hall–Kier alpha value is -1.59. The number of rotatable bonds is 8. The number of nitrogens with zero attached hydrogens (tertiary/aromatic N) is 1. The Balaban J connectivity index is 1.72. The second-order valence-corrected chi connectivity index (χ2v) is 9.87. The fourth-order valence-corrected chi connectivity index (χ4v) is 4.15. The van der Waals surface area contributed by atoms with Crippen molar-refractivity contribution >= 4 is 29.1 Å².